The Morgan fingerprint density at radius 1 is 0.696 bits per heavy atom. The first-order chi connectivity index (χ1) is 10.1. The van der Waals surface area contributed by atoms with Crippen LogP contribution in [0.4, 0.5) is 0 Å². The predicted octanol–water partition coefficient (Wildman–Crippen LogP) is 4.11. The maximum atomic E-state index is 2.39. The summed E-state index contributed by atoms with van der Waals surface area (Å²) in [6, 6.07) is 19.5. The van der Waals surface area contributed by atoms with E-state index in [0.717, 1.165) is 26.1 Å². The van der Waals surface area contributed by atoms with Gasteiger partial charge in [-0.25, -0.2) is 0 Å². The van der Waals surface area contributed by atoms with Crippen molar-refractivity contribution < 1.29 is 0 Å². The van der Waals surface area contributed by atoms with Gasteiger partial charge in [-0.2, -0.15) is 0 Å². The Morgan fingerprint density at radius 2 is 1.26 bits per heavy atom. The number of hydrogen-bond acceptors (Lipinski definition) is 2. The molecule has 4 heteroatoms. The maximum Gasteiger partial charge on any atom is 0.0234 e. The highest BCUT2D eigenvalue weighted by Crippen LogP contribution is 2.15. The van der Waals surface area contributed by atoms with Crippen molar-refractivity contribution in [3.05, 3.63) is 71.3 Å². The fraction of sp³-hybridized carbons (Fsp3) is 0.368. The van der Waals surface area contributed by atoms with Crippen LogP contribution in [0.3, 0.4) is 0 Å². The Labute approximate surface area is 153 Å². The molecule has 0 spiro atoms. The van der Waals surface area contributed by atoms with Gasteiger partial charge in [0.25, 0.3) is 0 Å². The van der Waals surface area contributed by atoms with E-state index in [-0.39, 0.29) is 24.8 Å². The fourth-order valence-corrected chi connectivity index (χ4v) is 2.44. The van der Waals surface area contributed by atoms with E-state index in [0.29, 0.717) is 0 Å². The van der Waals surface area contributed by atoms with Gasteiger partial charge in [0.1, 0.15) is 0 Å². The second-order valence-electron chi connectivity index (χ2n) is 5.97. The van der Waals surface area contributed by atoms with Crippen LogP contribution in [-0.2, 0) is 13.0 Å². The van der Waals surface area contributed by atoms with E-state index in [1.807, 2.05) is 0 Å². The van der Waals surface area contributed by atoms with Crippen molar-refractivity contribution in [2.75, 3.05) is 34.2 Å². The van der Waals surface area contributed by atoms with Crippen LogP contribution in [0.25, 0.3) is 0 Å². The van der Waals surface area contributed by atoms with Crippen molar-refractivity contribution in [3.8, 4) is 0 Å². The zero-order valence-corrected chi connectivity index (χ0v) is 15.9. The molecule has 128 valence electrons. The quantitative estimate of drug-likeness (QED) is 0.737. The standard InChI is InChI=1S/C19H26N2.2ClH/c1-20(2)13-14-21(3)16-19-12-8-7-11-18(19)15-17-9-5-4-6-10-17;;/h4-12H,13-16H2,1-3H3;2*1H. The van der Waals surface area contributed by atoms with Crippen LogP contribution in [0.5, 0.6) is 0 Å². The Bertz CT molecular complexity index is 544. The molecule has 0 heterocycles. The molecule has 2 aromatic carbocycles. The minimum absolute atomic E-state index is 0. The summed E-state index contributed by atoms with van der Waals surface area (Å²) < 4.78 is 0. The molecular formula is C19H28Cl2N2. The molecule has 23 heavy (non-hydrogen) atoms. The van der Waals surface area contributed by atoms with Crippen LogP contribution in [0, 0.1) is 0 Å². The summed E-state index contributed by atoms with van der Waals surface area (Å²) in [5.74, 6) is 0. The summed E-state index contributed by atoms with van der Waals surface area (Å²) in [6.45, 7) is 3.20. The van der Waals surface area contributed by atoms with Gasteiger partial charge in [0, 0.05) is 19.6 Å². The molecule has 2 nitrogen and oxygen atoms in total. The molecule has 0 amide bonds. The van der Waals surface area contributed by atoms with Gasteiger partial charge in [0.2, 0.25) is 0 Å². The average Bonchev–Trinajstić information content (AvgIpc) is 2.48. The average molecular weight is 355 g/mol. The van der Waals surface area contributed by atoms with E-state index < -0.39 is 0 Å². The second kappa shape index (κ2) is 11.5. The molecule has 0 saturated carbocycles. The summed E-state index contributed by atoms with van der Waals surface area (Å²) in [4.78, 5) is 4.62. The Balaban J connectivity index is 0.00000242. The fourth-order valence-electron chi connectivity index (χ4n) is 2.44. The minimum atomic E-state index is 0. The molecule has 0 aromatic heterocycles. The molecule has 0 aliphatic carbocycles. The van der Waals surface area contributed by atoms with Crippen molar-refractivity contribution >= 4 is 24.8 Å². The number of nitrogens with zero attached hydrogens (tertiary/aromatic N) is 2. The lowest BCUT2D eigenvalue weighted by Crippen LogP contribution is -2.28. The molecule has 0 atom stereocenters. The summed E-state index contributed by atoms with van der Waals surface area (Å²) in [5, 5.41) is 0. The smallest absolute Gasteiger partial charge is 0.0234 e. The van der Waals surface area contributed by atoms with Gasteiger partial charge >= 0.3 is 0 Å². The van der Waals surface area contributed by atoms with Crippen LogP contribution in [0.2, 0.25) is 0 Å². The number of benzene rings is 2. The normalized spacial score (nSPS) is 10.3. The van der Waals surface area contributed by atoms with Gasteiger partial charge in [-0.15, -0.1) is 24.8 Å². The first kappa shape index (κ1) is 21.9. The lowest BCUT2D eigenvalue weighted by atomic mass is 9.99. The molecule has 0 radical (unpaired) electrons. The van der Waals surface area contributed by atoms with Crippen LogP contribution >= 0.6 is 24.8 Å². The summed E-state index contributed by atoms with van der Waals surface area (Å²) in [6.07, 6.45) is 1.01. The molecule has 0 unspecified atom stereocenters. The SMILES string of the molecule is CN(C)CCN(C)Cc1ccccc1Cc1ccccc1.Cl.Cl. The summed E-state index contributed by atoms with van der Waals surface area (Å²) in [5.41, 5.74) is 4.24. The summed E-state index contributed by atoms with van der Waals surface area (Å²) in [7, 11) is 6.44. The molecule has 0 bridgehead atoms. The van der Waals surface area contributed by atoms with E-state index in [2.05, 4.69) is 85.5 Å². The number of rotatable bonds is 7. The van der Waals surface area contributed by atoms with Crippen molar-refractivity contribution in [3.63, 3.8) is 0 Å². The van der Waals surface area contributed by atoms with Gasteiger partial charge in [-0.05, 0) is 44.3 Å². The summed E-state index contributed by atoms with van der Waals surface area (Å²) >= 11 is 0. The van der Waals surface area contributed by atoms with Gasteiger partial charge in [-0.3, -0.25) is 0 Å². The third-order valence-electron chi connectivity index (χ3n) is 3.72. The third kappa shape index (κ3) is 7.85. The topological polar surface area (TPSA) is 6.48 Å². The Hall–Kier alpha value is -1.06. The lowest BCUT2D eigenvalue weighted by molar-refractivity contribution is 0.276. The van der Waals surface area contributed by atoms with Crippen molar-refractivity contribution in [1.29, 1.82) is 0 Å². The van der Waals surface area contributed by atoms with Crippen molar-refractivity contribution in [1.82, 2.24) is 9.80 Å². The van der Waals surface area contributed by atoms with Crippen molar-refractivity contribution in [2.24, 2.45) is 0 Å². The van der Waals surface area contributed by atoms with Crippen LogP contribution < -0.4 is 0 Å². The molecule has 2 rings (SSSR count). The van der Waals surface area contributed by atoms with Gasteiger partial charge in [-0.1, -0.05) is 54.6 Å². The van der Waals surface area contributed by atoms with E-state index in [4.69, 9.17) is 0 Å². The highest BCUT2D eigenvalue weighted by molar-refractivity contribution is 5.85. The highest BCUT2D eigenvalue weighted by Gasteiger charge is 2.06. The van der Waals surface area contributed by atoms with Crippen LogP contribution in [0.15, 0.2) is 54.6 Å². The number of likely N-dealkylation sites (N-methyl/N-ethyl adjacent to an activating group) is 2. The first-order valence-corrected chi connectivity index (χ1v) is 7.59. The van der Waals surface area contributed by atoms with E-state index in [9.17, 15) is 0 Å². The third-order valence-corrected chi connectivity index (χ3v) is 3.72. The number of halogens is 2. The van der Waals surface area contributed by atoms with Gasteiger partial charge in [0.15, 0.2) is 0 Å². The van der Waals surface area contributed by atoms with E-state index in [1.54, 1.807) is 0 Å². The minimum Gasteiger partial charge on any atom is -0.308 e. The molecule has 0 N–H and O–H groups in total. The van der Waals surface area contributed by atoms with Crippen LogP contribution in [-0.4, -0.2) is 44.0 Å². The highest BCUT2D eigenvalue weighted by atomic mass is 35.5. The molecule has 0 aliphatic rings. The second-order valence-corrected chi connectivity index (χ2v) is 5.97. The monoisotopic (exact) mass is 354 g/mol. The van der Waals surface area contributed by atoms with Crippen LogP contribution in [0.1, 0.15) is 16.7 Å². The van der Waals surface area contributed by atoms with E-state index >= 15 is 0 Å². The Morgan fingerprint density at radius 3 is 1.87 bits per heavy atom. The first-order valence-electron chi connectivity index (χ1n) is 7.59. The molecule has 0 aliphatic heterocycles. The molecule has 0 saturated heterocycles. The lowest BCUT2D eigenvalue weighted by Gasteiger charge is -2.21. The van der Waals surface area contributed by atoms with E-state index in [1.165, 1.54) is 16.7 Å². The molecule has 2 aromatic rings. The molecule has 0 fully saturated rings. The largest absolute Gasteiger partial charge is 0.308 e. The van der Waals surface area contributed by atoms with Gasteiger partial charge in [0.05, 0.1) is 0 Å². The zero-order chi connectivity index (χ0) is 15.1. The maximum absolute atomic E-state index is 2.39. The predicted molar refractivity (Wildman–Crippen MR) is 105 cm³/mol. The Kier molecular flexibility index (Phi) is 10.9. The molecular weight excluding hydrogens is 327 g/mol. The van der Waals surface area contributed by atoms with Gasteiger partial charge < -0.3 is 9.80 Å². The van der Waals surface area contributed by atoms with Crippen molar-refractivity contribution in [2.45, 2.75) is 13.0 Å². The zero-order valence-electron chi connectivity index (χ0n) is 14.2. The number of hydrogen-bond donors (Lipinski definition) is 0.